The molecule has 0 bridgehead atoms. The van der Waals surface area contributed by atoms with E-state index < -0.39 is 0 Å². The van der Waals surface area contributed by atoms with Crippen molar-refractivity contribution in [3.05, 3.63) is 52.2 Å². The Morgan fingerprint density at radius 3 is 2.71 bits per heavy atom. The standard InChI is InChI=1S/C22H28N2O3S/c1-4-16(2)24(17(3)25)14-22(26)23-12-10-21-19(11-13-28-21)20(23)15-27-18-8-6-5-7-9-18/h5-9,11,13,16,20H,4,10,12,14-15H2,1-3H3/t16-,20+/m0/s1. The zero-order valence-electron chi connectivity index (χ0n) is 16.8. The monoisotopic (exact) mass is 400 g/mol. The average molecular weight is 401 g/mol. The second-order valence-corrected chi connectivity index (χ2v) is 8.18. The van der Waals surface area contributed by atoms with Crippen LogP contribution in [0.4, 0.5) is 0 Å². The first-order chi connectivity index (χ1) is 13.5. The van der Waals surface area contributed by atoms with Crippen LogP contribution in [0.25, 0.3) is 0 Å². The van der Waals surface area contributed by atoms with Gasteiger partial charge in [-0.2, -0.15) is 0 Å². The summed E-state index contributed by atoms with van der Waals surface area (Å²) in [4.78, 5) is 30.1. The first kappa shape index (κ1) is 20.4. The van der Waals surface area contributed by atoms with Gasteiger partial charge in [-0.15, -0.1) is 11.3 Å². The number of benzene rings is 1. The van der Waals surface area contributed by atoms with Gasteiger partial charge >= 0.3 is 0 Å². The molecule has 28 heavy (non-hydrogen) atoms. The Kier molecular flexibility index (Phi) is 6.73. The van der Waals surface area contributed by atoms with Crippen LogP contribution in [0.3, 0.4) is 0 Å². The maximum absolute atomic E-state index is 13.2. The fourth-order valence-electron chi connectivity index (χ4n) is 3.60. The molecule has 6 heteroatoms. The van der Waals surface area contributed by atoms with Crippen molar-refractivity contribution in [2.45, 2.75) is 45.7 Å². The minimum absolute atomic E-state index is 0.0194. The number of carbonyl (C=O) groups excluding carboxylic acids is 2. The van der Waals surface area contributed by atoms with Gasteiger partial charge in [-0.25, -0.2) is 0 Å². The van der Waals surface area contributed by atoms with Gasteiger partial charge in [0.2, 0.25) is 11.8 Å². The molecule has 0 saturated carbocycles. The van der Waals surface area contributed by atoms with Crippen LogP contribution in [-0.2, 0) is 16.0 Å². The number of hydrogen-bond acceptors (Lipinski definition) is 4. The largest absolute Gasteiger partial charge is 0.491 e. The topological polar surface area (TPSA) is 49.9 Å². The SMILES string of the molecule is CC[C@H](C)N(CC(=O)N1CCc2sccc2[C@H]1COc1ccccc1)C(C)=O. The molecule has 2 amide bonds. The van der Waals surface area contributed by atoms with E-state index in [1.807, 2.05) is 49.1 Å². The van der Waals surface area contributed by atoms with E-state index in [1.165, 1.54) is 17.4 Å². The van der Waals surface area contributed by atoms with Crippen LogP contribution in [-0.4, -0.2) is 47.4 Å². The van der Waals surface area contributed by atoms with Crippen LogP contribution < -0.4 is 4.74 Å². The first-order valence-electron chi connectivity index (χ1n) is 9.82. The molecule has 2 heterocycles. The van der Waals surface area contributed by atoms with E-state index in [4.69, 9.17) is 4.74 Å². The zero-order valence-corrected chi connectivity index (χ0v) is 17.6. The van der Waals surface area contributed by atoms with Gasteiger partial charge in [-0.1, -0.05) is 25.1 Å². The van der Waals surface area contributed by atoms with E-state index in [9.17, 15) is 9.59 Å². The molecule has 1 aromatic heterocycles. The Bertz CT molecular complexity index is 805. The molecule has 2 atom stereocenters. The lowest BCUT2D eigenvalue weighted by Gasteiger charge is -2.37. The summed E-state index contributed by atoms with van der Waals surface area (Å²) in [6, 6.07) is 11.7. The molecule has 1 aliphatic rings. The van der Waals surface area contributed by atoms with Gasteiger partial charge in [0, 0.05) is 24.4 Å². The van der Waals surface area contributed by atoms with Crippen molar-refractivity contribution in [1.82, 2.24) is 9.80 Å². The molecule has 0 aliphatic carbocycles. The molecule has 0 unspecified atom stereocenters. The van der Waals surface area contributed by atoms with Crippen LogP contribution >= 0.6 is 11.3 Å². The highest BCUT2D eigenvalue weighted by Crippen LogP contribution is 2.34. The summed E-state index contributed by atoms with van der Waals surface area (Å²) in [6.45, 7) is 6.72. The number of ether oxygens (including phenoxy) is 1. The van der Waals surface area contributed by atoms with E-state index in [2.05, 4.69) is 11.4 Å². The Morgan fingerprint density at radius 2 is 2.04 bits per heavy atom. The van der Waals surface area contributed by atoms with Crippen molar-refractivity contribution >= 4 is 23.2 Å². The normalized spacial score (nSPS) is 17.0. The highest BCUT2D eigenvalue weighted by Gasteiger charge is 2.33. The molecular formula is C22H28N2O3S. The Hall–Kier alpha value is -2.34. The first-order valence-corrected chi connectivity index (χ1v) is 10.7. The highest BCUT2D eigenvalue weighted by molar-refractivity contribution is 7.10. The van der Waals surface area contributed by atoms with E-state index in [-0.39, 0.29) is 30.4 Å². The molecule has 0 fully saturated rings. The summed E-state index contributed by atoms with van der Waals surface area (Å²) < 4.78 is 6.00. The number of carbonyl (C=O) groups is 2. The van der Waals surface area contributed by atoms with E-state index >= 15 is 0 Å². The number of amides is 2. The van der Waals surface area contributed by atoms with Crippen LogP contribution in [0.1, 0.15) is 43.7 Å². The predicted octanol–water partition coefficient (Wildman–Crippen LogP) is 3.90. The lowest BCUT2D eigenvalue weighted by molar-refractivity contribution is -0.143. The fraction of sp³-hybridized carbons (Fsp3) is 0.455. The lowest BCUT2D eigenvalue weighted by Crippen LogP contribution is -2.49. The van der Waals surface area contributed by atoms with Crippen LogP contribution in [0.5, 0.6) is 5.75 Å². The van der Waals surface area contributed by atoms with Gasteiger partial charge in [0.15, 0.2) is 0 Å². The Morgan fingerprint density at radius 1 is 1.29 bits per heavy atom. The molecular weight excluding hydrogens is 372 g/mol. The smallest absolute Gasteiger partial charge is 0.242 e. The van der Waals surface area contributed by atoms with Crippen molar-refractivity contribution in [2.24, 2.45) is 0 Å². The third-order valence-electron chi connectivity index (χ3n) is 5.40. The molecule has 150 valence electrons. The van der Waals surface area contributed by atoms with Gasteiger partial charge in [0.25, 0.3) is 0 Å². The summed E-state index contributed by atoms with van der Waals surface area (Å²) in [5, 5.41) is 2.08. The van der Waals surface area contributed by atoms with Crippen LogP contribution in [0.15, 0.2) is 41.8 Å². The third kappa shape index (κ3) is 4.55. The lowest BCUT2D eigenvalue weighted by atomic mass is 10.00. The van der Waals surface area contributed by atoms with Crippen LogP contribution in [0.2, 0.25) is 0 Å². The molecule has 1 aliphatic heterocycles. The maximum atomic E-state index is 13.2. The van der Waals surface area contributed by atoms with Crippen molar-refractivity contribution in [3.8, 4) is 5.75 Å². The Balaban J connectivity index is 1.77. The summed E-state index contributed by atoms with van der Waals surface area (Å²) in [5.74, 6) is 0.712. The molecule has 0 spiro atoms. The molecule has 0 N–H and O–H groups in total. The molecule has 5 nitrogen and oxygen atoms in total. The number of thiophene rings is 1. The van der Waals surface area contributed by atoms with Crippen molar-refractivity contribution in [1.29, 1.82) is 0 Å². The minimum Gasteiger partial charge on any atom is -0.491 e. The third-order valence-corrected chi connectivity index (χ3v) is 6.40. The number of para-hydroxylation sites is 1. The summed E-state index contributed by atoms with van der Waals surface area (Å²) in [5.41, 5.74) is 1.17. The number of hydrogen-bond donors (Lipinski definition) is 0. The molecule has 1 aromatic carbocycles. The number of nitrogens with zero attached hydrogens (tertiary/aromatic N) is 2. The van der Waals surface area contributed by atoms with Gasteiger partial charge in [-0.05, 0) is 48.9 Å². The second-order valence-electron chi connectivity index (χ2n) is 7.18. The molecule has 0 saturated heterocycles. The van der Waals surface area contributed by atoms with Gasteiger partial charge in [0.05, 0.1) is 12.6 Å². The quantitative estimate of drug-likeness (QED) is 0.708. The molecule has 0 radical (unpaired) electrons. The fourth-order valence-corrected chi connectivity index (χ4v) is 4.53. The summed E-state index contributed by atoms with van der Waals surface area (Å²) in [6.07, 6.45) is 1.67. The number of rotatable bonds is 7. The van der Waals surface area contributed by atoms with Crippen molar-refractivity contribution in [3.63, 3.8) is 0 Å². The maximum Gasteiger partial charge on any atom is 0.242 e. The second kappa shape index (κ2) is 9.24. The highest BCUT2D eigenvalue weighted by atomic mass is 32.1. The zero-order chi connectivity index (χ0) is 20.1. The predicted molar refractivity (Wildman–Crippen MR) is 112 cm³/mol. The van der Waals surface area contributed by atoms with Gasteiger partial charge in [0.1, 0.15) is 12.4 Å². The van der Waals surface area contributed by atoms with Crippen molar-refractivity contribution in [2.75, 3.05) is 19.7 Å². The van der Waals surface area contributed by atoms with Gasteiger partial charge in [-0.3, -0.25) is 9.59 Å². The van der Waals surface area contributed by atoms with E-state index in [0.717, 1.165) is 18.6 Å². The number of fused-ring (bicyclic) bond motifs is 1. The summed E-state index contributed by atoms with van der Waals surface area (Å²) >= 11 is 1.73. The molecule has 3 rings (SSSR count). The average Bonchev–Trinajstić information content (AvgIpc) is 3.19. The minimum atomic E-state index is -0.131. The van der Waals surface area contributed by atoms with E-state index in [1.54, 1.807) is 16.2 Å². The van der Waals surface area contributed by atoms with E-state index in [0.29, 0.717) is 13.2 Å². The van der Waals surface area contributed by atoms with Crippen LogP contribution in [0, 0.1) is 0 Å². The molecule has 2 aromatic rings. The summed E-state index contributed by atoms with van der Waals surface area (Å²) in [7, 11) is 0. The Labute approximate surface area is 170 Å². The van der Waals surface area contributed by atoms with Crippen molar-refractivity contribution < 1.29 is 14.3 Å². The van der Waals surface area contributed by atoms with Gasteiger partial charge < -0.3 is 14.5 Å².